The summed E-state index contributed by atoms with van der Waals surface area (Å²) in [5.41, 5.74) is 6.02. The van der Waals surface area contributed by atoms with Gasteiger partial charge >= 0.3 is 0 Å². The van der Waals surface area contributed by atoms with Crippen LogP contribution in [-0.4, -0.2) is 29.4 Å². The van der Waals surface area contributed by atoms with Gasteiger partial charge in [0, 0.05) is 25.0 Å². The Morgan fingerprint density at radius 3 is 2.40 bits per heavy atom. The molecule has 2 saturated carbocycles. The Morgan fingerprint density at radius 1 is 1.33 bits per heavy atom. The Kier molecular flexibility index (Phi) is 3.01. The van der Waals surface area contributed by atoms with Crippen molar-refractivity contribution in [2.24, 2.45) is 5.73 Å². The van der Waals surface area contributed by atoms with Gasteiger partial charge < -0.3 is 10.6 Å². The Bertz CT molecular complexity index is 242. The molecule has 0 unspecified atom stereocenters. The van der Waals surface area contributed by atoms with Crippen molar-refractivity contribution in [2.75, 3.05) is 7.05 Å². The highest BCUT2D eigenvalue weighted by Gasteiger charge is 2.34. The summed E-state index contributed by atoms with van der Waals surface area (Å²) in [6.45, 7) is 0. The Morgan fingerprint density at radius 2 is 1.93 bits per heavy atom. The number of carbonyl (C=O) groups excluding carboxylic acids is 1. The van der Waals surface area contributed by atoms with Gasteiger partial charge in [0.2, 0.25) is 5.91 Å². The van der Waals surface area contributed by atoms with Crippen molar-refractivity contribution in [1.29, 1.82) is 0 Å². The number of rotatable bonds is 3. The van der Waals surface area contributed by atoms with E-state index in [1.807, 2.05) is 11.9 Å². The maximum absolute atomic E-state index is 12.0. The first-order chi connectivity index (χ1) is 7.11. The fourth-order valence-corrected chi connectivity index (χ4v) is 2.66. The third kappa shape index (κ3) is 2.33. The molecular formula is C12H22N2O. The van der Waals surface area contributed by atoms with Crippen LogP contribution in [0.1, 0.15) is 51.4 Å². The smallest absolute Gasteiger partial charge is 0.224 e. The number of carbonyl (C=O) groups is 1. The van der Waals surface area contributed by atoms with Gasteiger partial charge in [-0.1, -0.05) is 12.8 Å². The molecule has 2 aliphatic rings. The topological polar surface area (TPSA) is 46.3 Å². The van der Waals surface area contributed by atoms with Crippen LogP contribution >= 0.6 is 0 Å². The largest absolute Gasteiger partial charge is 0.343 e. The Hall–Kier alpha value is -0.570. The average molecular weight is 210 g/mol. The molecule has 15 heavy (non-hydrogen) atoms. The van der Waals surface area contributed by atoms with Crippen molar-refractivity contribution < 1.29 is 4.79 Å². The predicted octanol–water partition coefficient (Wildman–Crippen LogP) is 1.66. The second-order valence-corrected chi connectivity index (χ2v) is 5.34. The first-order valence-electron chi connectivity index (χ1n) is 6.15. The summed E-state index contributed by atoms with van der Waals surface area (Å²) in [6.07, 6.45) is 8.62. The van der Waals surface area contributed by atoms with Crippen molar-refractivity contribution >= 4 is 5.91 Å². The van der Waals surface area contributed by atoms with Gasteiger partial charge in [0.1, 0.15) is 0 Å². The molecule has 0 radical (unpaired) electrons. The maximum Gasteiger partial charge on any atom is 0.224 e. The van der Waals surface area contributed by atoms with Gasteiger partial charge in [-0.15, -0.1) is 0 Å². The lowest BCUT2D eigenvalue weighted by Crippen LogP contribution is -2.47. The van der Waals surface area contributed by atoms with Crippen molar-refractivity contribution in [3.63, 3.8) is 0 Å². The van der Waals surface area contributed by atoms with Crippen molar-refractivity contribution in [2.45, 2.75) is 62.9 Å². The van der Waals surface area contributed by atoms with E-state index in [-0.39, 0.29) is 11.4 Å². The van der Waals surface area contributed by atoms with E-state index in [2.05, 4.69) is 0 Å². The number of amides is 1. The molecule has 0 aromatic heterocycles. The number of hydrogen-bond acceptors (Lipinski definition) is 2. The van der Waals surface area contributed by atoms with Crippen molar-refractivity contribution in [1.82, 2.24) is 4.90 Å². The zero-order valence-electron chi connectivity index (χ0n) is 9.67. The molecule has 0 heterocycles. The molecule has 0 spiro atoms. The van der Waals surface area contributed by atoms with E-state index in [0.29, 0.717) is 12.5 Å². The summed E-state index contributed by atoms with van der Waals surface area (Å²) in [5, 5.41) is 0. The lowest BCUT2D eigenvalue weighted by Gasteiger charge is -2.36. The molecule has 86 valence electrons. The fourth-order valence-electron chi connectivity index (χ4n) is 2.66. The Labute approximate surface area is 92.0 Å². The zero-order valence-corrected chi connectivity index (χ0v) is 9.67. The molecule has 2 N–H and O–H groups in total. The molecule has 2 fully saturated rings. The quantitative estimate of drug-likeness (QED) is 0.770. The summed E-state index contributed by atoms with van der Waals surface area (Å²) in [5.74, 6) is 0.254. The molecule has 2 aliphatic carbocycles. The van der Waals surface area contributed by atoms with Crippen LogP contribution < -0.4 is 5.73 Å². The van der Waals surface area contributed by atoms with Crippen molar-refractivity contribution in [3.05, 3.63) is 0 Å². The first kappa shape index (κ1) is 10.9. The van der Waals surface area contributed by atoms with Crippen LogP contribution in [0.4, 0.5) is 0 Å². The third-order valence-corrected chi connectivity index (χ3v) is 4.12. The van der Waals surface area contributed by atoms with Crippen LogP contribution in [0, 0.1) is 0 Å². The van der Waals surface area contributed by atoms with E-state index < -0.39 is 0 Å². The standard InChI is InChI=1S/C12H22N2O/c1-14(10-5-4-6-10)11(15)9-12(13)7-2-3-8-12/h10H,2-9,13H2,1H3. The van der Waals surface area contributed by atoms with Gasteiger partial charge in [0.25, 0.3) is 0 Å². The lowest BCUT2D eigenvalue weighted by atomic mass is 9.89. The van der Waals surface area contributed by atoms with Crippen molar-refractivity contribution in [3.8, 4) is 0 Å². The average Bonchev–Trinajstić information content (AvgIpc) is 2.48. The molecule has 0 bridgehead atoms. The Balaban J connectivity index is 1.85. The second-order valence-electron chi connectivity index (χ2n) is 5.34. The minimum absolute atomic E-state index is 0.185. The highest BCUT2D eigenvalue weighted by Crippen LogP contribution is 2.32. The number of nitrogens with zero attached hydrogens (tertiary/aromatic N) is 1. The first-order valence-corrected chi connectivity index (χ1v) is 6.15. The highest BCUT2D eigenvalue weighted by molar-refractivity contribution is 5.77. The van der Waals surface area contributed by atoms with Gasteiger partial charge in [0.05, 0.1) is 0 Å². The summed E-state index contributed by atoms with van der Waals surface area (Å²) in [4.78, 5) is 13.9. The van der Waals surface area contributed by atoms with E-state index >= 15 is 0 Å². The highest BCUT2D eigenvalue weighted by atomic mass is 16.2. The van der Waals surface area contributed by atoms with E-state index in [0.717, 1.165) is 12.8 Å². The summed E-state index contributed by atoms with van der Waals surface area (Å²) in [7, 11) is 1.93. The van der Waals surface area contributed by atoms with Gasteiger partial charge in [0.15, 0.2) is 0 Å². The molecule has 3 heteroatoms. The lowest BCUT2D eigenvalue weighted by molar-refractivity contribution is -0.134. The van der Waals surface area contributed by atoms with Crippen LogP contribution in [0.15, 0.2) is 0 Å². The van der Waals surface area contributed by atoms with Crippen LogP contribution in [0.25, 0.3) is 0 Å². The van der Waals surface area contributed by atoms with Crippen LogP contribution in [0.2, 0.25) is 0 Å². The number of hydrogen-bond donors (Lipinski definition) is 1. The molecule has 1 amide bonds. The SMILES string of the molecule is CN(C(=O)CC1(N)CCCC1)C1CCC1. The molecule has 3 nitrogen and oxygen atoms in total. The van der Waals surface area contributed by atoms with E-state index in [4.69, 9.17) is 5.73 Å². The van der Waals surface area contributed by atoms with Crippen LogP contribution in [0.3, 0.4) is 0 Å². The molecule has 2 rings (SSSR count). The van der Waals surface area contributed by atoms with Crippen LogP contribution in [0.5, 0.6) is 0 Å². The summed E-state index contributed by atoms with van der Waals surface area (Å²) in [6, 6.07) is 0.502. The molecule has 0 aromatic rings. The van der Waals surface area contributed by atoms with Gasteiger partial charge in [-0.25, -0.2) is 0 Å². The van der Waals surface area contributed by atoms with Gasteiger partial charge in [-0.3, -0.25) is 4.79 Å². The van der Waals surface area contributed by atoms with E-state index in [1.54, 1.807) is 0 Å². The monoisotopic (exact) mass is 210 g/mol. The third-order valence-electron chi connectivity index (χ3n) is 4.12. The predicted molar refractivity (Wildman–Crippen MR) is 60.4 cm³/mol. The molecule has 0 aromatic carbocycles. The number of nitrogens with two attached hydrogens (primary N) is 1. The van der Waals surface area contributed by atoms with E-state index in [1.165, 1.54) is 32.1 Å². The molecule has 0 aliphatic heterocycles. The minimum atomic E-state index is -0.185. The van der Waals surface area contributed by atoms with E-state index in [9.17, 15) is 4.79 Å². The summed E-state index contributed by atoms with van der Waals surface area (Å²) >= 11 is 0. The fraction of sp³-hybridized carbons (Fsp3) is 0.917. The minimum Gasteiger partial charge on any atom is -0.343 e. The van der Waals surface area contributed by atoms with Gasteiger partial charge in [-0.2, -0.15) is 0 Å². The maximum atomic E-state index is 12.0. The summed E-state index contributed by atoms with van der Waals surface area (Å²) < 4.78 is 0. The van der Waals surface area contributed by atoms with Gasteiger partial charge in [-0.05, 0) is 32.1 Å². The zero-order chi connectivity index (χ0) is 10.9. The molecule has 0 atom stereocenters. The van der Waals surface area contributed by atoms with Crippen LogP contribution in [-0.2, 0) is 4.79 Å². The second kappa shape index (κ2) is 4.12. The molecule has 0 saturated heterocycles. The molecular weight excluding hydrogens is 188 g/mol. The normalized spacial score (nSPS) is 24.9.